The molecule has 1 aliphatic heterocycles. The van der Waals surface area contributed by atoms with Crippen molar-refractivity contribution in [3.05, 3.63) is 29.8 Å². The van der Waals surface area contributed by atoms with Gasteiger partial charge in [-0.2, -0.15) is 0 Å². The van der Waals surface area contributed by atoms with Crippen LogP contribution in [-0.2, 0) is 9.84 Å². The molecule has 1 fully saturated rings. The Kier molecular flexibility index (Phi) is 6.80. The summed E-state index contributed by atoms with van der Waals surface area (Å²) in [5, 5.41) is 3.16. The predicted octanol–water partition coefficient (Wildman–Crippen LogP) is 2.33. The van der Waals surface area contributed by atoms with Crippen LogP contribution in [0.1, 0.15) is 43.0 Å². The van der Waals surface area contributed by atoms with Crippen molar-refractivity contribution in [3.63, 3.8) is 0 Å². The van der Waals surface area contributed by atoms with E-state index in [1.165, 1.54) is 0 Å². The maximum absolute atomic E-state index is 12.8. The van der Waals surface area contributed by atoms with Gasteiger partial charge < -0.3 is 10.2 Å². The number of benzene rings is 1. The highest BCUT2D eigenvalue weighted by Gasteiger charge is 2.27. The number of hydrogen-bond donors (Lipinski definition) is 1. The number of hydrogen-bond acceptors (Lipinski definition) is 4. The van der Waals surface area contributed by atoms with Crippen LogP contribution in [0.2, 0.25) is 0 Å². The van der Waals surface area contributed by atoms with Gasteiger partial charge >= 0.3 is 0 Å². The average molecular weight is 353 g/mol. The van der Waals surface area contributed by atoms with Crippen molar-refractivity contribution in [2.24, 2.45) is 5.92 Å². The van der Waals surface area contributed by atoms with E-state index in [4.69, 9.17) is 0 Å². The van der Waals surface area contributed by atoms with Crippen LogP contribution in [0.4, 0.5) is 0 Å². The van der Waals surface area contributed by atoms with Crippen LogP contribution in [0, 0.1) is 5.92 Å². The van der Waals surface area contributed by atoms with Gasteiger partial charge in [-0.1, -0.05) is 19.1 Å². The van der Waals surface area contributed by atoms with E-state index in [1.54, 1.807) is 29.2 Å². The standard InChI is InChI=1S/C18H28N2O3S/c1-3-14-24(22,23)17-7-5-4-6-16(17)18(21)20-12-9-15(10-13-20)8-11-19-2/h4-7,15,19H,3,8-14H2,1-2H3. The number of piperidine rings is 1. The van der Waals surface area contributed by atoms with E-state index < -0.39 is 9.84 Å². The minimum Gasteiger partial charge on any atom is -0.339 e. The molecule has 0 radical (unpaired) electrons. The number of likely N-dealkylation sites (tertiary alicyclic amines) is 1. The lowest BCUT2D eigenvalue weighted by atomic mass is 9.93. The molecule has 0 aromatic heterocycles. The Labute approximate surface area is 145 Å². The summed E-state index contributed by atoms with van der Waals surface area (Å²) in [4.78, 5) is 14.8. The summed E-state index contributed by atoms with van der Waals surface area (Å²) in [7, 11) is -1.45. The Hall–Kier alpha value is -1.40. The molecule has 6 heteroatoms. The van der Waals surface area contributed by atoms with Crippen molar-refractivity contribution < 1.29 is 13.2 Å². The second kappa shape index (κ2) is 8.62. The molecular weight excluding hydrogens is 324 g/mol. The SMILES string of the molecule is CCCS(=O)(=O)c1ccccc1C(=O)N1CCC(CCNC)CC1. The summed E-state index contributed by atoms with van der Waals surface area (Å²) >= 11 is 0. The fraction of sp³-hybridized carbons (Fsp3) is 0.611. The molecule has 0 saturated carbocycles. The molecule has 134 valence electrons. The molecule has 1 saturated heterocycles. The monoisotopic (exact) mass is 352 g/mol. The number of carbonyl (C=O) groups excluding carboxylic acids is 1. The molecule has 1 heterocycles. The Morgan fingerprint density at radius 3 is 2.54 bits per heavy atom. The minimum absolute atomic E-state index is 0.0728. The van der Waals surface area contributed by atoms with Gasteiger partial charge in [-0.15, -0.1) is 0 Å². The van der Waals surface area contributed by atoms with Gasteiger partial charge in [-0.25, -0.2) is 8.42 Å². The lowest BCUT2D eigenvalue weighted by Crippen LogP contribution is -2.39. The maximum Gasteiger partial charge on any atom is 0.255 e. The highest BCUT2D eigenvalue weighted by atomic mass is 32.2. The van der Waals surface area contributed by atoms with Gasteiger partial charge in [0.25, 0.3) is 5.91 Å². The van der Waals surface area contributed by atoms with Gasteiger partial charge in [0.1, 0.15) is 0 Å². The van der Waals surface area contributed by atoms with E-state index in [0.29, 0.717) is 31.0 Å². The van der Waals surface area contributed by atoms with E-state index in [1.807, 2.05) is 14.0 Å². The maximum atomic E-state index is 12.8. The van der Waals surface area contributed by atoms with Crippen molar-refractivity contribution in [1.29, 1.82) is 0 Å². The molecule has 1 amide bonds. The quantitative estimate of drug-likeness (QED) is 0.818. The molecule has 0 bridgehead atoms. The first-order chi connectivity index (χ1) is 11.5. The molecule has 1 aromatic carbocycles. The smallest absolute Gasteiger partial charge is 0.255 e. The molecule has 1 aromatic rings. The lowest BCUT2D eigenvalue weighted by molar-refractivity contribution is 0.0683. The second-order valence-electron chi connectivity index (χ2n) is 6.44. The van der Waals surface area contributed by atoms with Crippen molar-refractivity contribution >= 4 is 15.7 Å². The third kappa shape index (κ3) is 4.57. The summed E-state index contributed by atoms with van der Waals surface area (Å²) in [6.45, 7) is 4.24. The highest BCUT2D eigenvalue weighted by molar-refractivity contribution is 7.91. The van der Waals surface area contributed by atoms with Gasteiger partial charge in [0, 0.05) is 13.1 Å². The van der Waals surface area contributed by atoms with Gasteiger partial charge in [-0.05, 0) is 57.3 Å². The lowest BCUT2D eigenvalue weighted by Gasteiger charge is -2.32. The summed E-state index contributed by atoms with van der Waals surface area (Å²) in [6, 6.07) is 6.61. The van der Waals surface area contributed by atoms with Crippen molar-refractivity contribution in [2.75, 3.05) is 32.4 Å². The first-order valence-corrected chi connectivity index (χ1v) is 10.4. The molecule has 5 nitrogen and oxygen atoms in total. The highest BCUT2D eigenvalue weighted by Crippen LogP contribution is 2.24. The van der Waals surface area contributed by atoms with Crippen LogP contribution in [-0.4, -0.2) is 51.7 Å². The largest absolute Gasteiger partial charge is 0.339 e. The molecule has 1 aliphatic rings. The van der Waals surface area contributed by atoms with Gasteiger partial charge in [0.15, 0.2) is 9.84 Å². The number of nitrogens with one attached hydrogen (secondary N) is 1. The Morgan fingerprint density at radius 2 is 1.92 bits per heavy atom. The Bertz CT molecular complexity index is 650. The number of carbonyl (C=O) groups is 1. The van der Waals surface area contributed by atoms with Gasteiger partial charge in [0.2, 0.25) is 0 Å². The van der Waals surface area contributed by atoms with Gasteiger partial charge in [-0.3, -0.25) is 4.79 Å². The fourth-order valence-electron chi connectivity index (χ4n) is 3.24. The third-order valence-electron chi connectivity index (χ3n) is 4.63. The van der Waals surface area contributed by atoms with Crippen LogP contribution in [0.25, 0.3) is 0 Å². The number of amides is 1. The summed E-state index contributed by atoms with van der Waals surface area (Å²) in [6.07, 6.45) is 3.64. The number of sulfone groups is 1. The Morgan fingerprint density at radius 1 is 1.25 bits per heavy atom. The minimum atomic E-state index is -3.40. The van der Waals surface area contributed by atoms with Crippen molar-refractivity contribution in [2.45, 2.75) is 37.5 Å². The van der Waals surface area contributed by atoms with E-state index >= 15 is 0 Å². The molecular formula is C18H28N2O3S. The van der Waals surface area contributed by atoms with E-state index in [2.05, 4.69) is 5.32 Å². The molecule has 0 atom stereocenters. The molecule has 1 N–H and O–H groups in total. The molecule has 24 heavy (non-hydrogen) atoms. The first-order valence-electron chi connectivity index (χ1n) is 8.75. The van der Waals surface area contributed by atoms with Crippen LogP contribution in [0.5, 0.6) is 0 Å². The van der Waals surface area contributed by atoms with Gasteiger partial charge in [0.05, 0.1) is 16.2 Å². The summed E-state index contributed by atoms with van der Waals surface area (Å²) in [5.74, 6) is 0.557. The molecule has 2 rings (SSSR count). The van der Waals surface area contributed by atoms with E-state index in [0.717, 1.165) is 25.8 Å². The molecule has 0 spiro atoms. The third-order valence-corrected chi connectivity index (χ3v) is 6.60. The summed E-state index contributed by atoms with van der Waals surface area (Å²) < 4.78 is 24.9. The van der Waals surface area contributed by atoms with E-state index in [9.17, 15) is 13.2 Å². The zero-order chi connectivity index (χ0) is 17.6. The van der Waals surface area contributed by atoms with E-state index in [-0.39, 0.29) is 16.6 Å². The van der Waals surface area contributed by atoms with Crippen molar-refractivity contribution in [1.82, 2.24) is 10.2 Å². The zero-order valence-electron chi connectivity index (χ0n) is 14.6. The fourth-order valence-corrected chi connectivity index (χ4v) is 4.77. The molecule has 0 unspecified atom stereocenters. The number of rotatable bonds is 7. The van der Waals surface area contributed by atoms with Crippen LogP contribution in [0.15, 0.2) is 29.2 Å². The van der Waals surface area contributed by atoms with Crippen LogP contribution in [0.3, 0.4) is 0 Å². The van der Waals surface area contributed by atoms with Crippen LogP contribution >= 0.6 is 0 Å². The average Bonchev–Trinajstić information content (AvgIpc) is 2.60. The van der Waals surface area contributed by atoms with Crippen molar-refractivity contribution in [3.8, 4) is 0 Å². The Balaban J connectivity index is 2.12. The zero-order valence-corrected chi connectivity index (χ0v) is 15.4. The predicted molar refractivity (Wildman–Crippen MR) is 96.0 cm³/mol. The van der Waals surface area contributed by atoms with Crippen LogP contribution < -0.4 is 5.32 Å². The first kappa shape index (κ1) is 18.9. The topological polar surface area (TPSA) is 66.5 Å². The number of nitrogens with zero attached hydrogens (tertiary/aromatic N) is 1. The molecule has 0 aliphatic carbocycles. The normalized spacial score (nSPS) is 16.3. The second-order valence-corrected chi connectivity index (χ2v) is 8.52. The summed E-state index contributed by atoms with van der Waals surface area (Å²) in [5.41, 5.74) is 0.319.